The van der Waals surface area contributed by atoms with Crippen molar-refractivity contribution in [3.05, 3.63) is 57.6 Å². The lowest BCUT2D eigenvalue weighted by Crippen LogP contribution is -2.38. The number of benzene rings is 2. The molecule has 0 N–H and O–H groups in total. The molecule has 2 aromatic carbocycles. The molecule has 1 amide bonds. The number of carbonyl (C=O) groups is 1. The normalized spacial score (nSPS) is 16.0. The quantitative estimate of drug-likeness (QED) is 0.472. The van der Waals surface area contributed by atoms with Crippen LogP contribution in [0, 0.1) is 16.0 Å². The standard InChI is InChI=1S/C24H28N2O6/c1-2-30-19-7-5-17(6-8-19)3-4-18-9-11-25(12-10-18)24(27)20-15-22-23(32-14-13-31-22)16-21(20)26(28)29/h5-8,15-16,18H,2-4,9-14H2,1H3. The monoisotopic (exact) mass is 440 g/mol. The number of piperidine rings is 1. The molecule has 8 nitrogen and oxygen atoms in total. The minimum absolute atomic E-state index is 0.0621. The maximum atomic E-state index is 13.1. The second-order valence-corrected chi connectivity index (χ2v) is 8.12. The van der Waals surface area contributed by atoms with Gasteiger partial charge in [-0.3, -0.25) is 14.9 Å². The number of ether oxygens (including phenoxy) is 3. The number of nitro benzene ring substituents is 1. The van der Waals surface area contributed by atoms with Gasteiger partial charge in [-0.25, -0.2) is 0 Å². The fraction of sp³-hybridized carbons (Fsp3) is 0.458. The number of likely N-dealkylation sites (tertiary alicyclic amines) is 1. The summed E-state index contributed by atoms with van der Waals surface area (Å²) in [6.45, 7) is 4.51. The zero-order valence-corrected chi connectivity index (χ0v) is 18.2. The molecular weight excluding hydrogens is 412 g/mol. The molecular formula is C24H28N2O6. The highest BCUT2D eigenvalue weighted by Gasteiger charge is 2.31. The van der Waals surface area contributed by atoms with Crippen LogP contribution in [-0.2, 0) is 6.42 Å². The number of fused-ring (bicyclic) bond motifs is 1. The number of rotatable bonds is 7. The summed E-state index contributed by atoms with van der Waals surface area (Å²) in [6, 6.07) is 11.0. The first-order valence-corrected chi connectivity index (χ1v) is 11.1. The van der Waals surface area contributed by atoms with Crippen LogP contribution in [0.5, 0.6) is 17.2 Å². The molecule has 0 aliphatic carbocycles. The molecule has 0 aromatic heterocycles. The zero-order chi connectivity index (χ0) is 22.5. The molecule has 0 unspecified atom stereocenters. The van der Waals surface area contributed by atoms with Gasteiger partial charge in [-0.2, -0.15) is 0 Å². The Labute approximate surface area is 187 Å². The molecule has 2 heterocycles. The van der Waals surface area contributed by atoms with E-state index < -0.39 is 4.92 Å². The largest absolute Gasteiger partial charge is 0.494 e. The number of hydrogen-bond acceptors (Lipinski definition) is 6. The molecule has 0 saturated carbocycles. The number of carbonyl (C=O) groups excluding carboxylic acids is 1. The third-order valence-corrected chi connectivity index (χ3v) is 6.06. The van der Waals surface area contributed by atoms with Gasteiger partial charge in [0.05, 0.1) is 17.6 Å². The Morgan fingerprint density at radius 2 is 1.78 bits per heavy atom. The van der Waals surface area contributed by atoms with E-state index in [1.807, 2.05) is 19.1 Å². The summed E-state index contributed by atoms with van der Waals surface area (Å²) < 4.78 is 16.4. The van der Waals surface area contributed by atoms with E-state index in [4.69, 9.17) is 14.2 Å². The van der Waals surface area contributed by atoms with Crippen molar-refractivity contribution < 1.29 is 23.9 Å². The van der Waals surface area contributed by atoms with Crippen LogP contribution in [0.2, 0.25) is 0 Å². The van der Waals surface area contributed by atoms with Crippen molar-refractivity contribution >= 4 is 11.6 Å². The highest BCUT2D eigenvalue weighted by atomic mass is 16.6. The Morgan fingerprint density at radius 1 is 1.12 bits per heavy atom. The zero-order valence-electron chi connectivity index (χ0n) is 18.2. The van der Waals surface area contributed by atoms with E-state index in [0.717, 1.165) is 31.4 Å². The summed E-state index contributed by atoms with van der Waals surface area (Å²) >= 11 is 0. The molecule has 170 valence electrons. The van der Waals surface area contributed by atoms with Crippen LogP contribution in [0.3, 0.4) is 0 Å². The first-order valence-electron chi connectivity index (χ1n) is 11.1. The third-order valence-electron chi connectivity index (χ3n) is 6.06. The maximum absolute atomic E-state index is 13.1. The molecule has 2 aromatic rings. The van der Waals surface area contributed by atoms with Gasteiger partial charge in [0.25, 0.3) is 11.6 Å². The number of nitro groups is 1. The van der Waals surface area contributed by atoms with Crippen molar-refractivity contribution in [2.45, 2.75) is 32.6 Å². The molecule has 0 bridgehead atoms. The van der Waals surface area contributed by atoms with Crippen molar-refractivity contribution in [3.8, 4) is 17.2 Å². The van der Waals surface area contributed by atoms with Gasteiger partial charge in [0, 0.05) is 19.2 Å². The van der Waals surface area contributed by atoms with Crippen LogP contribution in [0.4, 0.5) is 5.69 Å². The molecule has 32 heavy (non-hydrogen) atoms. The summed E-state index contributed by atoms with van der Waals surface area (Å²) in [5.41, 5.74) is 1.10. The summed E-state index contributed by atoms with van der Waals surface area (Å²) in [4.78, 5) is 25.8. The first kappa shape index (κ1) is 21.9. The van der Waals surface area contributed by atoms with Crippen LogP contribution >= 0.6 is 0 Å². The van der Waals surface area contributed by atoms with Crippen molar-refractivity contribution in [3.63, 3.8) is 0 Å². The summed E-state index contributed by atoms with van der Waals surface area (Å²) in [5, 5.41) is 11.6. The van der Waals surface area contributed by atoms with Crippen LogP contribution in [0.15, 0.2) is 36.4 Å². The predicted octanol–water partition coefficient (Wildman–Crippen LogP) is 4.25. The van der Waals surface area contributed by atoms with E-state index in [-0.39, 0.29) is 17.2 Å². The van der Waals surface area contributed by atoms with E-state index in [1.165, 1.54) is 17.7 Å². The van der Waals surface area contributed by atoms with Gasteiger partial charge in [-0.05, 0) is 56.2 Å². The van der Waals surface area contributed by atoms with Crippen LogP contribution in [0.1, 0.15) is 42.1 Å². The van der Waals surface area contributed by atoms with E-state index in [1.54, 1.807) is 4.90 Å². The molecule has 2 aliphatic rings. The van der Waals surface area contributed by atoms with E-state index in [9.17, 15) is 14.9 Å². The second-order valence-electron chi connectivity index (χ2n) is 8.12. The lowest BCUT2D eigenvalue weighted by molar-refractivity contribution is -0.385. The molecule has 1 fully saturated rings. The third kappa shape index (κ3) is 4.95. The topological polar surface area (TPSA) is 91.1 Å². The van der Waals surface area contributed by atoms with Gasteiger partial charge in [0.15, 0.2) is 11.5 Å². The average Bonchev–Trinajstić information content (AvgIpc) is 2.83. The Bertz CT molecular complexity index is 967. The van der Waals surface area contributed by atoms with Gasteiger partial charge in [-0.15, -0.1) is 0 Å². The minimum atomic E-state index is -0.533. The minimum Gasteiger partial charge on any atom is -0.494 e. The summed E-state index contributed by atoms with van der Waals surface area (Å²) in [6.07, 6.45) is 3.82. The highest BCUT2D eigenvalue weighted by Crippen LogP contribution is 2.37. The number of aryl methyl sites for hydroxylation is 1. The Kier molecular flexibility index (Phi) is 6.78. The lowest BCUT2D eigenvalue weighted by Gasteiger charge is -2.32. The molecule has 2 aliphatic heterocycles. The van der Waals surface area contributed by atoms with Crippen molar-refractivity contribution in [1.29, 1.82) is 0 Å². The van der Waals surface area contributed by atoms with Crippen LogP contribution in [0.25, 0.3) is 0 Å². The van der Waals surface area contributed by atoms with Crippen molar-refractivity contribution in [2.75, 3.05) is 32.9 Å². The second kappa shape index (κ2) is 9.89. The predicted molar refractivity (Wildman–Crippen MR) is 119 cm³/mol. The molecule has 8 heteroatoms. The van der Waals surface area contributed by atoms with Gasteiger partial charge < -0.3 is 19.1 Å². The lowest BCUT2D eigenvalue weighted by atomic mass is 9.90. The number of amides is 1. The van der Waals surface area contributed by atoms with Crippen LogP contribution in [-0.4, -0.2) is 48.6 Å². The van der Waals surface area contributed by atoms with Crippen LogP contribution < -0.4 is 14.2 Å². The average molecular weight is 440 g/mol. The van der Waals surface area contributed by atoms with Crippen molar-refractivity contribution in [2.24, 2.45) is 5.92 Å². The Hall–Kier alpha value is -3.29. The van der Waals surface area contributed by atoms with Gasteiger partial charge in [0.2, 0.25) is 0 Å². The van der Waals surface area contributed by atoms with Gasteiger partial charge >= 0.3 is 0 Å². The van der Waals surface area contributed by atoms with Gasteiger partial charge in [-0.1, -0.05) is 12.1 Å². The summed E-state index contributed by atoms with van der Waals surface area (Å²) in [5.74, 6) is 1.79. The van der Waals surface area contributed by atoms with E-state index in [2.05, 4.69) is 12.1 Å². The van der Waals surface area contributed by atoms with E-state index in [0.29, 0.717) is 50.3 Å². The fourth-order valence-corrected chi connectivity index (χ4v) is 4.29. The SMILES string of the molecule is CCOc1ccc(CCC2CCN(C(=O)c3cc4c(cc3[N+](=O)[O-])OCCO4)CC2)cc1. The Balaban J connectivity index is 1.35. The number of hydrogen-bond donors (Lipinski definition) is 0. The maximum Gasteiger partial charge on any atom is 0.286 e. The Morgan fingerprint density at radius 3 is 2.41 bits per heavy atom. The molecule has 4 rings (SSSR count). The van der Waals surface area contributed by atoms with Crippen molar-refractivity contribution in [1.82, 2.24) is 4.90 Å². The number of nitrogens with zero attached hydrogens (tertiary/aromatic N) is 2. The highest BCUT2D eigenvalue weighted by molar-refractivity contribution is 5.99. The van der Waals surface area contributed by atoms with E-state index >= 15 is 0 Å². The summed E-state index contributed by atoms with van der Waals surface area (Å²) in [7, 11) is 0. The fourth-order valence-electron chi connectivity index (χ4n) is 4.29. The molecule has 1 saturated heterocycles. The molecule has 0 atom stereocenters. The molecule has 0 spiro atoms. The molecule has 0 radical (unpaired) electrons. The first-order chi connectivity index (χ1) is 15.5. The smallest absolute Gasteiger partial charge is 0.286 e. The van der Waals surface area contributed by atoms with Gasteiger partial charge in [0.1, 0.15) is 24.5 Å².